The van der Waals surface area contributed by atoms with Crippen molar-refractivity contribution in [1.82, 2.24) is 14.8 Å². The molecule has 0 atom stereocenters. The summed E-state index contributed by atoms with van der Waals surface area (Å²) in [7, 11) is 3.09. The number of aryl methyl sites for hydroxylation is 1. The second kappa shape index (κ2) is 11.7. The van der Waals surface area contributed by atoms with E-state index >= 15 is 0 Å². The Morgan fingerprint density at radius 1 is 1.15 bits per heavy atom. The standard InChI is InChI=1S/C30H34FN5O4/c1-6-34(4)30(40)26-27(19(3)29(39)35(5)28(26)33-24-13-10-18(2)14-23(24)31)36(17-37)22-9-7-8-20(15-22)16-25(38)32-21-11-12-21/h7-10,13-15,17,21,33H,6,11-12,16H2,1-5H3,(H,32,38). The number of hydrogen-bond donors (Lipinski definition) is 2. The van der Waals surface area contributed by atoms with Crippen LogP contribution < -0.4 is 21.1 Å². The van der Waals surface area contributed by atoms with Gasteiger partial charge >= 0.3 is 0 Å². The highest BCUT2D eigenvalue weighted by molar-refractivity contribution is 6.08. The van der Waals surface area contributed by atoms with Gasteiger partial charge in [0.2, 0.25) is 12.3 Å². The van der Waals surface area contributed by atoms with Crippen LogP contribution in [0.15, 0.2) is 47.3 Å². The zero-order chi connectivity index (χ0) is 29.1. The lowest BCUT2D eigenvalue weighted by molar-refractivity contribution is -0.120. The third-order valence-corrected chi connectivity index (χ3v) is 7.04. The summed E-state index contributed by atoms with van der Waals surface area (Å²) in [5, 5.41) is 5.89. The van der Waals surface area contributed by atoms with Crippen LogP contribution in [0.5, 0.6) is 0 Å². The van der Waals surface area contributed by atoms with Gasteiger partial charge in [-0.1, -0.05) is 18.2 Å². The molecule has 3 aromatic rings. The predicted octanol–water partition coefficient (Wildman–Crippen LogP) is 4.09. The minimum absolute atomic E-state index is 0.0351. The number of amides is 3. The molecule has 2 aromatic carbocycles. The highest BCUT2D eigenvalue weighted by Gasteiger charge is 2.30. The van der Waals surface area contributed by atoms with Crippen LogP contribution in [0.1, 0.15) is 46.8 Å². The van der Waals surface area contributed by atoms with Gasteiger partial charge in [0.05, 0.1) is 17.8 Å². The smallest absolute Gasteiger partial charge is 0.259 e. The number of aromatic nitrogens is 1. The molecular weight excluding hydrogens is 513 g/mol. The summed E-state index contributed by atoms with van der Waals surface area (Å²) in [6, 6.07) is 11.6. The topological polar surface area (TPSA) is 104 Å². The number of carbonyl (C=O) groups excluding carboxylic acids is 3. The number of hydrogen-bond acceptors (Lipinski definition) is 5. The zero-order valence-electron chi connectivity index (χ0n) is 23.4. The molecule has 1 aliphatic rings. The van der Waals surface area contributed by atoms with E-state index in [4.69, 9.17) is 0 Å². The van der Waals surface area contributed by atoms with Gasteiger partial charge in [-0.15, -0.1) is 0 Å². The number of rotatable bonds is 10. The second-order valence-electron chi connectivity index (χ2n) is 10.2. The molecule has 4 rings (SSSR count). The number of anilines is 4. The Morgan fingerprint density at radius 3 is 2.50 bits per heavy atom. The lowest BCUT2D eigenvalue weighted by Gasteiger charge is -2.28. The maximum Gasteiger partial charge on any atom is 0.259 e. The number of nitrogens with one attached hydrogen (secondary N) is 2. The largest absolute Gasteiger partial charge is 0.353 e. The van der Waals surface area contributed by atoms with Crippen molar-refractivity contribution in [3.63, 3.8) is 0 Å². The van der Waals surface area contributed by atoms with Crippen LogP contribution in [-0.2, 0) is 23.1 Å². The Labute approximate surface area is 232 Å². The van der Waals surface area contributed by atoms with E-state index in [-0.39, 0.29) is 46.7 Å². The Morgan fingerprint density at radius 2 is 1.88 bits per heavy atom. The molecule has 0 unspecified atom stereocenters. The average Bonchev–Trinajstić information content (AvgIpc) is 3.74. The molecule has 1 heterocycles. The van der Waals surface area contributed by atoms with Crippen molar-refractivity contribution < 1.29 is 18.8 Å². The maximum absolute atomic E-state index is 14.9. The summed E-state index contributed by atoms with van der Waals surface area (Å²) in [5.41, 5.74) is 1.64. The number of nitrogens with zero attached hydrogens (tertiary/aromatic N) is 3. The van der Waals surface area contributed by atoms with Gasteiger partial charge in [0, 0.05) is 37.9 Å². The first-order valence-corrected chi connectivity index (χ1v) is 13.2. The normalized spacial score (nSPS) is 12.6. The lowest BCUT2D eigenvalue weighted by atomic mass is 10.0. The number of benzene rings is 2. The Hall–Kier alpha value is -4.47. The van der Waals surface area contributed by atoms with E-state index in [9.17, 15) is 23.6 Å². The van der Waals surface area contributed by atoms with E-state index in [2.05, 4.69) is 10.6 Å². The van der Waals surface area contributed by atoms with E-state index in [1.165, 1.54) is 33.5 Å². The SMILES string of the molecule is CCN(C)C(=O)c1c(N(C=O)c2cccc(CC(=O)NC3CC3)c2)c(C)c(=O)n(C)c1Nc1ccc(C)cc1F. The van der Waals surface area contributed by atoms with E-state index in [0.717, 1.165) is 12.8 Å². The van der Waals surface area contributed by atoms with Crippen LogP contribution in [0, 0.1) is 19.7 Å². The third kappa shape index (κ3) is 5.90. The molecular formula is C30H34FN5O4. The molecule has 210 valence electrons. The van der Waals surface area contributed by atoms with Crippen molar-refractivity contribution in [1.29, 1.82) is 0 Å². The van der Waals surface area contributed by atoms with Gasteiger partial charge in [-0.2, -0.15) is 0 Å². The summed E-state index contributed by atoms with van der Waals surface area (Å²) >= 11 is 0. The van der Waals surface area contributed by atoms with Crippen LogP contribution in [0.4, 0.5) is 27.3 Å². The molecule has 1 aliphatic carbocycles. The van der Waals surface area contributed by atoms with Crippen LogP contribution in [0.25, 0.3) is 0 Å². The van der Waals surface area contributed by atoms with Gasteiger partial charge in [0.25, 0.3) is 11.5 Å². The fourth-order valence-corrected chi connectivity index (χ4v) is 4.51. The molecule has 9 nitrogen and oxygen atoms in total. The molecule has 0 radical (unpaired) electrons. The van der Waals surface area contributed by atoms with Crippen LogP contribution in [-0.4, -0.2) is 47.3 Å². The Balaban J connectivity index is 1.89. The highest BCUT2D eigenvalue weighted by atomic mass is 19.1. The lowest BCUT2D eigenvalue weighted by Crippen LogP contribution is -2.34. The fraction of sp³-hybridized carbons (Fsp3) is 0.333. The van der Waals surface area contributed by atoms with Gasteiger partial charge < -0.3 is 15.5 Å². The maximum atomic E-state index is 14.9. The van der Waals surface area contributed by atoms with Gasteiger partial charge in [-0.3, -0.25) is 28.6 Å². The highest BCUT2D eigenvalue weighted by Crippen LogP contribution is 2.36. The van der Waals surface area contributed by atoms with Gasteiger partial charge in [-0.25, -0.2) is 4.39 Å². The number of carbonyl (C=O) groups is 3. The zero-order valence-corrected chi connectivity index (χ0v) is 23.4. The first-order chi connectivity index (χ1) is 19.0. The minimum atomic E-state index is -0.554. The molecule has 10 heteroatoms. The summed E-state index contributed by atoms with van der Waals surface area (Å²) < 4.78 is 16.1. The quantitative estimate of drug-likeness (QED) is 0.372. The van der Waals surface area contributed by atoms with Crippen molar-refractivity contribution in [2.45, 2.75) is 46.1 Å². The van der Waals surface area contributed by atoms with Crippen molar-refractivity contribution >= 4 is 41.1 Å². The van der Waals surface area contributed by atoms with E-state index in [0.29, 0.717) is 29.8 Å². The van der Waals surface area contributed by atoms with Crippen LogP contribution in [0.3, 0.4) is 0 Å². The average molecular weight is 548 g/mol. The van der Waals surface area contributed by atoms with Gasteiger partial charge in [0.1, 0.15) is 17.2 Å². The first-order valence-electron chi connectivity index (χ1n) is 13.2. The molecule has 0 spiro atoms. The predicted molar refractivity (Wildman–Crippen MR) is 153 cm³/mol. The second-order valence-corrected chi connectivity index (χ2v) is 10.2. The number of pyridine rings is 1. The van der Waals surface area contributed by atoms with Crippen molar-refractivity contribution in [2.75, 3.05) is 23.8 Å². The van der Waals surface area contributed by atoms with Crippen molar-refractivity contribution in [3.05, 3.63) is 80.9 Å². The minimum Gasteiger partial charge on any atom is -0.353 e. The third-order valence-electron chi connectivity index (χ3n) is 7.04. The van der Waals surface area contributed by atoms with Crippen LogP contribution >= 0.6 is 0 Å². The number of halogens is 1. The molecule has 0 aliphatic heterocycles. The Kier molecular flexibility index (Phi) is 8.37. The molecule has 0 bridgehead atoms. The van der Waals surface area contributed by atoms with E-state index in [1.807, 2.05) is 0 Å². The summed E-state index contributed by atoms with van der Waals surface area (Å²) in [5.74, 6) is -1.08. The van der Waals surface area contributed by atoms with Gasteiger partial charge in [0.15, 0.2) is 0 Å². The summed E-state index contributed by atoms with van der Waals surface area (Å²) in [4.78, 5) is 55.0. The van der Waals surface area contributed by atoms with Crippen molar-refractivity contribution in [2.24, 2.45) is 7.05 Å². The van der Waals surface area contributed by atoms with Crippen LogP contribution in [0.2, 0.25) is 0 Å². The summed E-state index contributed by atoms with van der Waals surface area (Å²) in [6.07, 6.45) is 2.60. The van der Waals surface area contributed by atoms with Gasteiger partial charge in [-0.05, 0) is 69.0 Å². The Bertz CT molecular complexity index is 1530. The van der Waals surface area contributed by atoms with E-state index in [1.54, 1.807) is 58.2 Å². The molecule has 2 N–H and O–H groups in total. The first kappa shape index (κ1) is 28.5. The molecule has 3 amide bonds. The molecule has 0 saturated heterocycles. The van der Waals surface area contributed by atoms with E-state index < -0.39 is 17.3 Å². The molecule has 1 fully saturated rings. The summed E-state index contributed by atoms with van der Waals surface area (Å²) in [6.45, 7) is 5.45. The molecule has 1 aromatic heterocycles. The molecule has 1 saturated carbocycles. The van der Waals surface area contributed by atoms with Crippen molar-refractivity contribution in [3.8, 4) is 0 Å². The fourth-order valence-electron chi connectivity index (χ4n) is 4.51. The monoisotopic (exact) mass is 547 g/mol. The molecule has 40 heavy (non-hydrogen) atoms.